The number of anilines is 1. The monoisotopic (exact) mass is 281 g/mol. The van der Waals surface area contributed by atoms with Crippen LogP contribution in [0.15, 0.2) is 12.1 Å². The summed E-state index contributed by atoms with van der Waals surface area (Å²) in [5, 5.41) is 19.3. The Hall–Kier alpha value is -2.71. The highest BCUT2D eigenvalue weighted by Crippen LogP contribution is 2.32. The summed E-state index contributed by atoms with van der Waals surface area (Å²) in [5.41, 5.74) is 0. The smallest absolute Gasteiger partial charge is 0.366 e. The van der Waals surface area contributed by atoms with E-state index in [0.29, 0.717) is 0 Å². The number of hydrogen-bond donors (Lipinski definition) is 1. The number of carbonyl (C=O) groups is 2. The van der Waals surface area contributed by atoms with Crippen molar-refractivity contribution < 1.29 is 24.4 Å². The van der Waals surface area contributed by atoms with Crippen molar-refractivity contribution in [3.8, 4) is 5.75 Å². The fourth-order valence-electron chi connectivity index (χ4n) is 1.79. The number of ether oxygens (including phenoxy) is 1. The molecule has 0 unspecified atom stereocenters. The molecule has 9 nitrogen and oxygen atoms in total. The van der Waals surface area contributed by atoms with E-state index in [1.54, 1.807) is 0 Å². The molecule has 2 rings (SSSR count). The molecule has 106 valence electrons. The Morgan fingerprint density at radius 1 is 1.55 bits per heavy atom. The number of amides is 1. The van der Waals surface area contributed by atoms with Gasteiger partial charge in [-0.3, -0.25) is 14.5 Å². The quantitative estimate of drug-likeness (QED) is 0.618. The minimum absolute atomic E-state index is 0.0563. The highest BCUT2D eigenvalue weighted by Gasteiger charge is 2.31. The standard InChI is InChI=1S/C11H11N3O6/c15-9-6-20-7-3-4-8(14(18)19)12-11(7)13(9)5-1-2-10(16)17/h3-4H,1-2,5-6H2,(H,16,17). The maximum absolute atomic E-state index is 11.8. The Kier molecular flexibility index (Phi) is 3.78. The third-order valence-corrected chi connectivity index (χ3v) is 2.69. The van der Waals surface area contributed by atoms with Gasteiger partial charge in [-0.25, -0.2) is 0 Å². The summed E-state index contributed by atoms with van der Waals surface area (Å²) in [5.74, 6) is -1.45. The van der Waals surface area contributed by atoms with Crippen molar-refractivity contribution >= 4 is 23.5 Å². The molecule has 1 aromatic heterocycles. The number of carboxylic acids is 1. The van der Waals surface area contributed by atoms with E-state index in [1.807, 2.05) is 0 Å². The van der Waals surface area contributed by atoms with Gasteiger partial charge < -0.3 is 20.0 Å². The summed E-state index contributed by atoms with van der Waals surface area (Å²) in [6.07, 6.45) is 0.125. The molecule has 0 saturated heterocycles. The van der Waals surface area contributed by atoms with Crippen molar-refractivity contribution in [2.75, 3.05) is 18.1 Å². The van der Waals surface area contributed by atoms with Gasteiger partial charge in [0.25, 0.3) is 11.7 Å². The van der Waals surface area contributed by atoms with Gasteiger partial charge in [0.15, 0.2) is 12.4 Å². The Balaban J connectivity index is 2.24. The van der Waals surface area contributed by atoms with Crippen LogP contribution in [0.4, 0.5) is 11.6 Å². The van der Waals surface area contributed by atoms with E-state index in [4.69, 9.17) is 9.84 Å². The average Bonchev–Trinajstić information content (AvgIpc) is 2.40. The number of rotatable bonds is 5. The van der Waals surface area contributed by atoms with Gasteiger partial charge in [-0.05, 0) is 22.4 Å². The molecule has 0 atom stereocenters. The molecule has 1 amide bonds. The van der Waals surface area contributed by atoms with Gasteiger partial charge in [-0.2, -0.15) is 0 Å². The van der Waals surface area contributed by atoms with Crippen LogP contribution in [-0.4, -0.2) is 40.0 Å². The number of hydrogen-bond acceptors (Lipinski definition) is 6. The Morgan fingerprint density at radius 2 is 2.30 bits per heavy atom. The van der Waals surface area contributed by atoms with E-state index < -0.39 is 22.6 Å². The van der Waals surface area contributed by atoms with Crippen LogP contribution in [0, 0.1) is 10.1 Å². The number of nitrogens with zero attached hydrogens (tertiary/aromatic N) is 3. The second-order valence-electron chi connectivity index (χ2n) is 4.08. The molecule has 0 aliphatic carbocycles. The fourth-order valence-corrected chi connectivity index (χ4v) is 1.79. The van der Waals surface area contributed by atoms with Crippen LogP contribution in [0.25, 0.3) is 0 Å². The topological polar surface area (TPSA) is 123 Å². The predicted molar refractivity (Wildman–Crippen MR) is 65.6 cm³/mol. The minimum atomic E-state index is -0.974. The van der Waals surface area contributed by atoms with Gasteiger partial charge >= 0.3 is 11.8 Å². The summed E-state index contributed by atoms with van der Waals surface area (Å²) in [4.78, 5) is 37.3. The van der Waals surface area contributed by atoms with Crippen molar-refractivity contribution in [3.05, 3.63) is 22.2 Å². The second-order valence-corrected chi connectivity index (χ2v) is 4.08. The lowest BCUT2D eigenvalue weighted by atomic mass is 10.2. The average molecular weight is 281 g/mol. The fraction of sp³-hybridized carbons (Fsp3) is 0.364. The number of pyridine rings is 1. The molecule has 1 aromatic rings. The highest BCUT2D eigenvalue weighted by molar-refractivity contribution is 5.96. The van der Waals surface area contributed by atoms with Crippen molar-refractivity contribution in [2.45, 2.75) is 12.8 Å². The molecule has 20 heavy (non-hydrogen) atoms. The molecule has 1 N–H and O–H groups in total. The van der Waals surface area contributed by atoms with Crippen LogP contribution in [-0.2, 0) is 9.59 Å². The van der Waals surface area contributed by atoms with E-state index in [2.05, 4.69) is 4.98 Å². The first-order valence-corrected chi connectivity index (χ1v) is 5.79. The summed E-state index contributed by atoms with van der Waals surface area (Å²) in [7, 11) is 0. The van der Waals surface area contributed by atoms with Gasteiger partial charge in [0.1, 0.15) is 0 Å². The van der Waals surface area contributed by atoms with Crippen molar-refractivity contribution in [3.63, 3.8) is 0 Å². The van der Waals surface area contributed by atoms with Gasteiger partial charge in [0.2, 0.25) is 0 Å². The molecular formula is C11H11N3O6. The number of nitro groups is 1. The Bertz CT molecular complexity index is 573. The first-order chi connectivity index (χ1) is 9.49. The molecule has 0 aromatic carbocycles. The molecule has 0 radical (unpaired) electrons. The number of aliphatic carboxylic acids is 1. The highest BCUT2D eigenvalue weighted by atomic mass is 16.6. The normalized spacial score (nSPS) is 13.6. The second kappa shape index (κ2) is 5.51. The van der Waals surface area contributed by atoms with Gasteiger partial charge in [-0.15, -0.1) is 0 Å². The zero-order valence-corrected chi connectivity index (χ0v) is 10.3. The summed E-state index contributed by atoms with van der Waals surface area (Å²) >= 11 is 0. The van der Waals surface area contributed by atoms with Crippen LogP contribution in [0.1, 0.15) is 12.8 Å². The number of carbonyl (C=O) groups excluding carboxylic acids is 1. The lowest BCUT2D eigenvalue weighted by Crippen LogP contribution is -2.40. The maximum atomic E-state index is 11.8. The molecule has 1 aliphatic heterocycles. The first kappa shape index (κ1) is 13.7. The third kappa shape index (κ3) is 2.82. The number of aromatic nitrogens is 1. The first-order valence-electron chi connectivity index (χ1n) is 5.79. The van der Waals surface area contributed by atoms with Crippen molar-refractivity contribution in [1.82, 2.24) is 4.98 Å². The Labute approximate surface area is 112 Å². The van der Waals surface area contributed by atoms with E-state index in [0.717, 1.165) is 0 Å². The van der Waals surface area contributed by atoms with Gasteiger partial charge in [0, 0.05) is 19.0 Å². The zero-order valence-electron chi connectivity index (χ0n) is 10.3. The van der Waals surface area contributed by atoms with E-state index in [9.17, 15) is 19.7 Å². The number of carboxylic acid groups (broad SMARTS) is 1. The van der Waals surface area contributed by atoms with Crippen LogP contribution >= 0.6 is 0 Å². The summed E-state index contributed by atoms with van der Waals surface area (Å²) in [6.45, 7) is -0.0742. The lowest BCUT2D eigenvalue weighted by molar-refractivity contribution is -0.389. The molecule has 1 aliphatic rings. The van der Waals surface area contributed by atoms with Crippen LogP contribution in [0.2, 0.25) is 0 Å². The molecule has 0 fully saturated rings. The number of fused-ring (bicyclic) bond motifs is 1. The predicted octanol–water partition coefficient (Wildman–Crippen LogP) is 0.580. The SMILES string of the molecule is O=C(O)CCCN1C(=O)COc2ccc([N+](=O)[O-])nc21. The molecule has 0 bridgehead atoms. The lowest BCUT2D eigenvalue weighted by Gasteiger charge is -2.25. The van der Waals surface area contributed by atoms with Gasteiger partial charge in [-0.1, -0.05) is 0 Å². The molecular weight excluding hydrogens is 270 g/mol. The summed E-state index contributed by atoms with van der Waals surface area (Å²) < 4.78 is 5.14. The molecule has 9 heteroatoms. The minimum Gasteiger partial charge on any atom is -0.481 e. The van der Waals surface area contributed by atoms with Gasteiger partial charge in [0.05, 0.1) is 0 Å². The Morgan fingerprint density at radius 3 is 2.95 bits per heavy atom. The molecule has 0 saturated carbocycles. The molecule has 0 spiro atoms. The summed E-state index contributed by atoms with van der Waals surface area (Å²) in [6, 6.07) is 2.56. The maximum Gasteiger partial charge on any atom is 0.366 e. The van der Waals surface area contributed by atoms with E-state index in [1.165, 1.54) is 17.0 Å². The van der Waals surface area contributed by atoms with Crippen LogP contribution in [0.5, 0.6) is 5.75 Å². The van der Waals surface area contributed by atoms with Crippen molar-refractivity contribution in [1.29, 1.82) is 0 Å². The van der Waals surface area contributed by atoms with Crippen LogP contribution in [0.3, 0.4) is 0 Å². The third-order valence-electron chi connectivity index (χ3n) is 2.69. The zero-order chi connectivity index (χ0) is 14.7. The van der Waals surface area contributed by atoms with E-state index >= 15 is 0 Å². The molecule has 2 heterocycles. The van der Waals surface area contributed by atoms with Crippen LogP contribution < -0.4 is 9.64 Å². The largest absolute Gasteiger partial charge is 0.481 e. The van der Waals surface area contributed by atoms with Crippen molar-refractivity contribution in [2.24, 2.45) is 0 Å². The van der Waals surface area contributed by atoms with E-state index in [-0.39, 0.29) is 37.6 Å².